The molecule has 2 amide bonds. The number of nitrogens with zero attached hydrogens (tertiary/aromatic N) is 3. The molecule has 0 atom stereocenters. The second kappa shape index (κ2) is 5.33. The fourth-order valence-corrected chi connectivity index (χ4v) is 2.32. The van der Waals surface area contributed by atoms with Crippen molar-refractivity contribution in [3.05, 3.63) is 30.0 Å². The van der Waals surface area contributed by atoms with Crippen LogP contribution < -0.4 is 10.1 Å². The summed E-state index contributed by atoms with van der Waals surface area (Å²) in [5.74, 6) is 1.20. The number of phenolic OH excluding ortho intramolecular Hbond substituents is 1. The average Bonchev–Trinajstić information content (AvgIpc) is 2.83. The van der Waals surface area contributed by atoms with Crippen LogP contribution in [0.1, 0.15) is 5.56 Å². The zero-order valence-electron chi connectivity index (χ0n) is 10.4. The van der Waals surface area contributed by atoms with Gasteiger partial charge in [-0.2, -0.15) is 8.75 Å². The average molecular weight is 292 g/mol. The number of nitrogens with one attached hydrogen (secondary N) is 1. The highest BCUT2D eigenvalue weighted by Gasteiger charge is 2.20. The van der Waals surface area contributed by atoms with E-state index in [-0.39, 0.29) is 11.8 Å². The summed E-state index contributed by atoms with van der Waals surface area (Å²) >= 11 is 1.04. The SMILES string of the molecule is O=C(Nc1cnsn1)N1CCOc2cc(O)ccc2C1. The first-order valence-corrected chi connectivity index (χ1v) is 6.73. The molecule has 0 spiro atoms. The van der Waals surface area contributed by atoms with E-state index < -0.39 is 0 Å². The Morgan fingerprint density at radius 3 is 3.20 bits per heavy atom. The smallest absolute Gasteiger partial charge is 0.323 e. The number of amides is 2. The van der Waals surface area contributed by atoms with Crippen molar-refractivity contribution in [3.8, 4) is 11.5 Å². The van der Waals surface area contributed by atoms with Crippen LogP contribution in [0.25, 0.3) is 0 Å². The highest BCUT2D eigenvalue weighted by molar-refractivity contribution is 6.99. The van der Waals surface area contributed by atoms with E-state index >= 15 is 0 Å². The summed E-state index contributed by atoms with van der Waals surface area (Å²) in [6.45, 7) is 1.25. The van der Waals surface area contributed by atoms with E-state index in [1.54, 1.807) is 23.1 Å². The van der Waals surface area contributed by atoms with Gasteiger partial charge in [0.15, 0.2) is 5.82 Å². The van der Waals surface area contributed by atoms with Crippen molar-refractivity contribution in [1.82, 2.24) is 13.6 Å². The second-order valence-electron chi connectivity index (χ2n) is 4.28. The lowest BCUT2D eigenvalue weighted by Crippen LogP contribution is -2.36. The molecule has 0 radical (unpaired) electrons. The van der Waals surface area contributed by atoms with Crippen LogP contribution in [-0.4, -0.2) is 37.9 Å². The first kappa shape index (κ1) is 12.7. The molecule has 8 heteroatoms. The summed E-state index contributed by atoms with van der Waals surface area (Å²) in [4.78, 5) is 13.8. The minimum absolute atomic E-state index is 0.148. The van der Waals surface area contributed by atoms with Crippen molar-refractivity contribution in [1.29, 1.82) is 0 Å². The van der Waals surface area contributed by atoms with Gasteiger partial charge in [0.25, 0.3) is 0 Å². The largest absolute Gasteiger partial charge is 0.508 e. The molecule has 2 aromatic rings. The topological polar surface area (TPSA) is 87.6 Å². The van der Waals surface area contributed by atoms with Crippen molar-refractivity contribution in [2.24, 2.45) is 0 Å². The third kappa shape index (κ3) is 2.64. The third-order valence-electron chi connectivity index (χ3n) is 2.91. The first-order valence-electron chi connectivity index (χ1n) is 6.00. The number of benzene rings is 1. The number of hydrogen-bond donors (Lipinski definition) is 2. The van der Waals surface area contributed by atoms with Gasteiger partial charge in [0.1, 0.15) is 18.1 Å². The highest BCUT2D eigenvalue weighted by Crippen LogP contribution is 2.27. The molecule has 0 aliphatic carbocycles. The maximum Gasteiger partial charge on any atom is 0.323 e. The molecule has 1 aliphatic heterocycles. The summed E-state index contributed by atoms with van der Waals surface area (Å²) in [5.41, 5.74) is 0.854. The van der Waals surface area contributed by atoms with Crippen LogP contribution in [0.2, 0.25) is 0 Å². The van der Waals surface area contributed by atoms with Gasteiger partial charge in [0, 0.05) is 11.6 Å². The molecule has 0 fully saturated rings. The van der Waals surface area contributed by atoms with Crippen molar-refractivity contribution < 1.29 is 14.6 Å². The quantitative estimate of drug-likeness (QED) is 0.834. The van der Waals surface area contributed by atoms with E-state index in [1.807, 2.05) is 0 Å². The minimum Gasteiger partial charge on any atom is -0.508 e. The van der Waals surface area contributed by atoms with Gasteiger partial charge in [-0.3, -0.25) is 5.32 Å². The molecule has 7 nitrogen and oxygen atoms in total. The zero-order valence-corrected chi connectivity index (χ0v) is 11.3. The molecule has 1 aromatic carbocycles. The molecule has 0 saturated heterocycles. The second-order valence-corrected chi connectivity index (χ2v) is 4.84. The van der Waals surface area contributed by atoms with Crippen LogP contribution in [-0.2, 0) is 6.54 Å². The van der Waals surface area contributed by atoms with Crippen molar-refractivity contribution in [3.63, 3.8) is 0 Å². The molecular weight excluding hydrogens is 280 g/mol. The predicted molar refractivity (Wildman–Crippen MR) is 72.9 cm³/mol. The third-order valence-corrected chi connectivity index (χ3v) is 3.39. The fraction of sp³-hybridized carbons (Fsp3) is 0.250. The van der Waals surface area contributed by atoms with Gasteiger partial charge in [-0.05, 0) is 12.1 Å². The van der Waals surface area contributed by atoms with Crippen LogP contribution in [0.5, 0.6) is 11.5 Å². The molecule has 2 heterocycles. The Hall–Kier alpha value is -2.35. The molecule has 0 unspecified atom stereocenters. The van der Waals surface area contributed by atoms with E-state index in [9.17, 15) is 9.90 Å². The monoisotopic (exact) mass is 292 g/mol. The number of aromatic hydroxyl groups is 1. The Labute approximate surface area is 119 Å². The fourth-order valence-electron chi connectivity index (χ4n) is 1.94. The highest BCUT2D eigenvalue weighted by atomic mass is 32.1. The summed E-state index contributed by atoms with van der Waals surface area (Å²) in [5, 5.41) is 12.1. The Morgan fingerprint density at radius 2 is 2.40 bits per heavy atom. The van der Waals surface area contributed by atoms with Crippen molar-refractivity contribution in [2.45, 2.75) is 6.54 Å². The van der Waals surface area contributed by atoms with Gasteiger partial charge in [0.2, 0.25) is 0 Å². The maximum absolute atomic E-state index is 12.1. The van der Waals surface area contributed by atoms with Crippen LogP contribution in [0.15, 0.2) is 24.4 Å². The predicted octanol–water partition coefficient (Wildman–Crippen LogP) is 1.67. The van der Waals surface area contributed by atoms with Gasteiger partial charge in [-0.1, -0.05) is 0 Å². The van der Waals surface area contributed by atoms with Crippen LogP contribution >= 0.6 is 11.7 Å². The number of aromatic nitrogens is 2. The number of rotatable bonds is 1. The maximum atomic E-state index is 12.1. The summed E-state index contributed by atoms with van der Waals surface area (Å²) < 4.78 is 13.3. The molecule has 3 rings (SSSR count). The lowest BCUT2D eigenvalue weighted by atomic mass is 10.2. The molecule has 1 aromatic heterocycles. The van der Waals surface area contributed by atoms with E-state index in [0.717, 1.165) is 17.3 Å². The Morgan fingerprint density at radius 1 is 1.50 bits per heavy atom. The lowest BCUT2D eigenvalue weighted by molar-refractivity contribution is 0.200. The van der Waals surface area contributed by atoms with Gasteiger partial charge < -0.3 is 14.7 Å². The summed E-state index contributed by atoms with van der Waals surface area (Å²) in [6.07, 6.45) is 1.50. The number of hydrogen-bond acceptors (Lipinski definition) is 6. The normalized spacial score (nSPS) is 14.1. The number of carbonyl (C=O) groups excluding carboxylic acids is 1. The number of phenols is 1. The number of carbonyl (C=O) groups is 1. The van der Waals surface area contributed by atoms with Gasteiger partial charge in [-0.15, -0.1) is 0 Å². The van der Waals surface area contributed by atoms with E-state index in [4.69, 9.17) is 4.74 Å². The molecule has 20 heavy (non-hydrogen) atoms. The van der Waals surface area contributed by atoms with Crippen LogP contribution in [0.3, 0.4) is 0 Å². The number of ether oxygens (including phenoxy) is 1. The summed E-state index contributed by atoms with van der Waals surface area (Å²) in [6, 6.07) is 4.64. The Bertz CT molecular complexity index is 617. The Balaban J connectivity index is 1.75. The molecule has 0 saturated carbocycles. The van der Waals surface area contributed by atoms with Crippen LogP contribution in [0, 0.1) is 0 Å². The van der Waals surface area contributed by atoms with Crippen LogP contribution in [0.4, 0.5) is 10.6 Å². The van der Waals surface area contributed by atoms with Gasteiger partial charge in [-0.25, -0.2) is 4.79 Å². The zero-order chi connectivity index (χ0) is 13.9. The minimum atomic E-state index is -0.248. The van der Waals surface area contributed by atoms with Gasteiger partial charge >= 0.3 is 6.03 Å². The lowest BCUT2D eigenvalue weighted by Gasteiger charge is -2.19. The number of fused-ring (bicyclic) bond motifs is 1. The number of urea groups is 1. The molecule has 1 aliphatic rings. The van der Waals surface area contributed by atoms with E-state index in [1.165, 1.54) is 6.20 Å². The van der Waals surface area contributed by atoms with E-state index in [2.05, 4.69) is 14.1 Å². The number of anilines is 1. The molecule has 0 bridgehead atoms. The molecule has 104 valence electrons. The van der Waals surface area contributed by atoms with Gasteiger partial charge in [0.05, 0.1) is 31.0 Å². The first-order chi connectivity index (χ1) is 9.72. The summed E-state index contributed by atoms with van der Waals surface area (Å²) in [7, 11) is 0. The molecule has 2 N–H and O–H groups in total. The Kier molecular flexibility index (Phi) is 3.38. The van der Waals surface area contributed by atoms with Crippen molar-refractivity contribution in [2.75, 3.05) is 18.5 Å². The van der Waals surface area contributed by atoms with E-state index in [0.29, 0.717) is 31.3 Å². The standard InChI is InChI=1S/C12H12N4O3S/c17-9-2-1-8-7-16(3-4-19-10(8)5-9)12(18)14-11-6-13-20-15-11/h1-2,5-6,17H,3-4,7H2,(H,14,15,18). The van der Waals surface area contributed by atoms with Crippen molar-refractivity contribution >= 4 is 23.6 Å². The molecular formula is C12H12N4O3S.